The summed E-state index contributed by atoms with van der Waals surface area (Å²) in [5.41, 5.74) is 1.69. The van der Waals surface area contributed by atoms with Crippen LogP contribution in [0.1, 0.15) is 10.5 Å². The zero-order valence-corrected chi connectivity index (χ0v) is 14.9. The largest absolute Gasteiger partial charge is 0.364 e. The topological polar surface area (TPSA) is 93.0 Å². The molecular weight excluding hydrogens is 408 g/mol. The monoisotopic (exact) mass is 416 g/mol. The van der Waals surface area contributed by atoms with Gasteiger partial charge < -0.3 is 9.51 Å². The van der Waals surface area contributed by atoms with E-state index in [1.807, 2.05) is 0 Å². The molecule has 120 valence electrons. The summed E-state index contributed by atoms with van der Waals surface area (Å²) in [4.78, 5) is 15.4. The third kappa shape index (κ3) is 3.19. The second-order valence-corrected chi connectivity index (χ2v) is 8.47. The summed E-state index contributed by atoms with van der Waals surface area (Å²) in [5, 5.41) is 4.97. The first-order valence-electron chi connectivity index (χ1n) is 6.38. The highest BCUT2D eigenvalue weighted by Crippen LogP contribution is 2.36. The van der Waals surface area contributed by atoms with Crippen molar-refractivity contribution in [2.75, 3.05) is 12.0 Å². The van der Waals surface area contributed by atoms with Crippen LogP contribution in [0.15, 0.2) is 33.5 Å². The highest BCUT2D eigenvalue weighted by molar-refractivity contribution is 9.10. The number of hydrogen-bond acceptors (Lipinski definition) is 5. The normalized spacial score (nSPS) is 12.0. The van der Waals surface area contributed by atoms with Crippen LogP contribution in [-0.2, 0) is 9.84 Å². The predicted molar refractivity (Wildman–Crippen MR) is 90.5 cm³/mol. The van der Waals surface area contributed by atoms with Crippen LogP contribution in [0.25, 0.3) is 22.2 Å². The molecule has 0 fully saturated rings. The number of H-pyrrole nitrogens is 1. The third-order valence-corrected chi connectivity index (χ3v) is 5.19. The SMILES string of the molecule is CS(=O)(=O)CC(=O)c1[nH]c2cc(Br)c(Cl)cc2c1-c1ccon1. The number of carbonyl (C=O) groups excluding carboxylic acids is 1. The van der Waals surface area contributed by atoms with Crippen molar-refractivity contribution in [3.05, 3.63) is 39.7 Å². The van der Waals surface area contributed by atoms with Gasteiger partial charge in [0.05, 0.1) is 10.7 Å². The van der Waals surface area contributed by atoms with Crippen LogP contribution < -0.4 is 0 Å². The van der Waals surface area contributed by atoms with E-state index in [1.54, 1.807) is 18.2 Å². The van der Waals surface area contributed by atoms with Crippen molar-refractivity contribution in [1.29, 1.82) is 0 Å². The molecule has 0 spiro atoms. The fourth-order valence-corrected chi connectivity index (χ4v) is 3.44. The first kappa shape index (κ1) is 16.2. The standard InChI is InChI=1S/C14H10BrClN2O4S/c1-23(20,21)6-12(19)14-13(10-2-3-22-18-10)7-4-9(16)8(15)5-11(7)17-14/h2-5,17H,6H2,1H3. The van der Waals surface area contributed by atoms with Crippen LogP contribution in [0.3, 0.4) is 0 Å². The lowest BCUT2D eigenvalue weighted by Crippen LogP contribution is -2.15. The van der Waals surface area contributed by atoms with Crippen molar-refractivity contribution in [2.45, 2.75) is 0 Å². The number of Topliss-reactive ketones (excluding diaryl/α,β-unsaturated/α-hetero) is 1. The molecule has 0 atom stereocenters. The van der Waals surface area contributed by atoms with Gasteiger partial charge in [0.25, 0.3) is 0 Å². The average Bonchev–Trinajstić information content (AvgIpc) is 3.04. The van der Waals surface area contributed by atoms with Gasteiger partial charge in [0.2, 0.25) is 0 Å². The van der Waals surface area contributed by atoms with E-state index in [0.29, 0.717) is 31.7 Å². The Morgan fingerprint density at radius 3 is 2.78 bits per heavy atom. The molecular formula is C14H10BrClN2O4S. The number of rotatable bonds is 4. The number of ketones is 1. The lowest BCUT2D eigenvalue weighted by Gasteiger charge is -2.01. The number of nitrogens with one attached hydrogen (secondary N) is 1. The number of hydrogen-bond donors (Lipinski definition) is 1. The smallest absolute Gasteiger partial charge is 0.194 e. The van der Waals surface area contributed by atoms with E-state index < -0.39 is 21.4 Å². The van der Waals surface area contributed by atoms with E-state index in [-0.39, 0.29) is 5.69 Å². The van der Waals surface area contributed by atoms with Crippen molar-refractivity contribution in [3.8, 4) is 11.3 Å². The fraction of sp³-hybridized carbons (Fsp3) is 0.143. The van der Waals surface area contributed by atoms with Gasteiger partial charge in [-0.15, -0.1) is 0 Å². The Labute approximate surface area is 144 Å². The lowest BCUT2D eigenvalue weighted by atomic mass is 10.1. The Morgan fingerprint density at radius 1 is 1.43 bits per heavy atom. The molecule has 23 heavy (non-hydrogen) atoms. The summed E-state index contributed by atoms with van der Waals surface area (Å²) in [6.07, 6.45) is 2.39. The number of aromatic nitrogens is 2. The maximum Gasteiger partial charge on any atom is 0.194 e. The zero-order chi connectivity index (χ0) is 16.8. The Bertz CT molecular complexity index is 1010. The van der Waals surface area contributed by atoms with Gasteiger partial charge in [0.1, 0.15) is 17.7 Å². The van der Waals surface area contributed by atoms with Gasteiger partial charge in [-0.1, -0.05) is 16.8 Å². The van der Waals surface area contributed by atoms with Gasteiger partial charge in [-0.3, -0.25) is 4.79 Å². The fourth-order valence-electron chi connectivity index (χ4n) is 2.32. The molecule has 0 unspecified atom stereocenters. The van der Waals surface area contributed by atoms with E-state index >= 15 is 0 Å². The summed E-state index contributed by atoms with van der Waals surface area (Å²) >= 11 is 9.45. The Hall–Kier alpha value is -1.64. The highest BCUT2D eigenvalue weighted by atomic mass is 79.9. The molecule has 6 nitrogen and oxygen atoms in total. The highest BCUT2D eigenvalue weighted by Gasteiger charge is 2.24. The van der Waals surface area contributed by atoms with Crippen molar-refractivity contribution >= 4 is 54.1 Å². The summed E-state index contributed by atoms with van der Waals surface area (Å²) in [6, 6.07) is 4.99. The maximum absolute atomic E-state index is 12.4. The minimum atomic E-state index is -3.46. The molecule has 9 heteroatoms. The summed E-state index contributed by atoms with van der Waals surface area (Å²) in [7, 11) is -3.46. The van der Waals surface area contributed by atoms with Crippen molar-refractivity contribution in [1.82, 2.24) is 10.1 Å². The van der Waals surface area contributed by atoms with Gasteiger partial charge in [-0.2, -0.15) is 0 Å². The molecule has 3 rings (SSSR count). The van der Waals surface area contributed by atoms with Crippen molar-refractivity contribution < 1.29 is 17.7 Å². The molecule has 2 heterocycles. The molecule has 0 aliphatic heterocycles. The first-order chi connectivity index (χ1) is 10.8. The van der Waals surface area contributed by atoms with Crippen LogP contribution in [0, 0.1) is 0 Å². The molecule has 0 aliphatic carbocycles. The van der Waals surface area contributed by atoms with Crippen molar-refractivity contribution in [3.63, 3.8) is 0 Å². The molecule has 0 saturated carbocycles. The van der Waals surface area contributed by atoms with E-state index in [2.05, 4.69) is 26.1 Å². The van der Waals surface area contributed by atoms with Crippen LogP contribution in [0.5, 0.6) is 0 Å². The average molecular weight is 418 g/mol. The number of nitrogens with zero attached hydrogens (tertiary/aromatic N) is 1. The van der Waals surface area contributed by atoms with Gasteiger partial charge in [-0.05, 0) is 28.1 Å². The number of benzene rings is 1. The second-order valence-electron chi connectivity index (χ2n) is 5.06. The molecule has 3 aromatic rings. The number of aromatic amines is 1. The van der Waals surface area contributed by atoms with Crippen LogP contribution in [0.4, 0.5) is 0 Å². The van der Waals surface area contributed by atoms with Crippen molar-refractivity contribution in [2.24, 2.45) is 0 Å². The summed E-state index contributed by atoms with van der Waals surface area (Å²) < 4.78 is 28.4. The van der Waals surface area contributed by atoms with E-state index in [9.17, 15) is 13.2 Å². The van der Waals surface area contributed by atoms with E-state index in [4.69, 9.17) is 16.1 Å². The number of halogens is 2. The minimum Gasteiger partial charge on any atom is -0.364 e. The molecule has 2 aromatic heterocycles. The maximum atomic E-state index is 12.4. The summed E-state index contributed by atoms with van der Waals surface area (Å²) in [6.45, 7) is 0. The molecule has 0 aliphatic rings. The Kier molecular flexibility index (Phi) is 4.07. The molecule has 0 amide bonds. The number of fused-ring (bicyclic) bond motifs is 1. The number of carbonyl (C=O) groups is 1. The molecule has 1 aromatic carbocycles. The molecule has 0 saturated heterocycles. The first-order valence-corrected chi connectivity index (χ1v) is 9.62. The van der Waals surface area contributed by atoms with Gasteiger partial charge in [0, 0.05) is 33.3 Å². The molecule has 1 N–H and O–H groups in total. The van der Waals surface area contributed by atoms with Crippen LogP contribution >= 0.6 is 27.5 Å². The third-order valence-electron chi connectivity index (χ3n) is 3.21. The quantitative estimate of drug-likeness (QED) is 0.656. The lowest BCUT2D eigenvalue weighted by molar-refractivity contribution is 0.101. The van der Waals surface area contributed by atoms with Gasteiger partial charge >= 0.3 is 0 Å². The molecule has 0 bridgehead atoms. The molecule has 0 radical (unpaired) electrons. The Morgan fingerprint density at radius 2 is 2.17 bits per heavy atom. The number of sulfone groups is 1. The van der Waals surface area contributed by atoms with Crippen LogP contribution in [0.2, 0.25) is 5.02 Å². The minimum absolute atomic E-state index is 0.161. The zero-order valence-electron chi connectivity index (χ0n) is 11.8. The predicted octanol–water partition coefficient (Wildman–Crippen LogP) is 3.47. The summed E-state index contributed by atoms with van der Waals surface area (Å²) in [5.74, 6) is -1.14. The van der Waals surface area contributed by atoms with Crippen LogP contribution in [-0.4, -0.2) is 36.4 Å². The van der Waals surface area contributed by atoms with E-state index in [1.165, 1.54) is 6.26 Å². The van der Waals surface area contributed by atoms with Gasteiger partial charge in [-0.25, -0.2) is 8.42 Å². The van der Waals surface area contributed by atoms with Gasteiger partial charge in [0.15, 0.2) is 15.6 Å². The Balaban J connectivity index is 2.28. The second kappa shape index (κ2) is 5.77. The van der Waals surface area contributed by atoms with E-state index in [0.717, 1.165) is 6.26 Å².